The van der Waals surface area contributed by atoms with Gasteiger partial charge in [0.25, 0.3) is 0 Å². The highest BCUT2D eigenvalue weighted by Crippen LogP contribution is 2.39. The fourth-order valence-electron chi connectivity index (χ4n) is 6.33. The summed E-state index contributed by atoms with van der Waals surface area (Å²) >= 11 is 13.0. The van der Waals surface area contributed by atoms with Crippen LogP contribution in [-0.2, 0) is 38.5 Å². The number of aromatic nitrogens is 3. The van der Waals surface area contributed by atoms with Crippen LogP contribution >= 0.6 is 23.2 Å². The number of benzene rings is 2. The van der Waals surface area contributed by atoms with Gasteiger partial charge in [-0.05, 0) is 54.9 Å². The van der Waals surface area contributed by atoms with Gasteiger partial charge in [0.2, 0.25) is 17.7 Å². The second kappa shape index (κ2) is 16.8. The average Bonchev–Trinajstić information content (AvgIpc) is 3.77. The molecule has 2 heterocycles. The third-order valence-electron chi connectivity index (χ3n) is 9.74. The molecule has 0 bridgehead atoms. The third-order valence-corrected chi connectivity index (χ3v) is 10.3. The molecule has 0 fully saturated rings. The number of H-pyrrole nitrogens is 1. The number of nitrogens with one attached hydrogen (secondary N) is 4. The molecule has 0 spiro atoms. The summed E-state index contributed by atoms with van der Waals surface area (Å²) in [7, 11) is 0. The number of amides is 3. The van der Waals surface area contributed by atoms with Crippen LogP contribution in [0.5, 0.6) is 0 Å². The average molecular weight is 756 g/mol. The normalized spacial score (nSPS) is 17.7. The smallest absolute Gasteiger partial charge is 0.408 e. The van der Waals surface area contributed by atoms with Crippen LogP contribution in [0.3, 0.4) is 0 Å². The van der Waals surface area contributed by atoms with Crippen molar-refractivity contribution >= 4 is 58.0 Å². The van der Waals surface area contributed by atoms with E-state index in [-0.39, 0.29) is 49.7 Å². The first kappa shape index (κ1) is 38.6. The molecule has 52 heavy (non-hydrogen) atoms. The van der Waals surface area contributed by atoms with Gasteiger partial charge in [-0.2, -0.15) is 0 Å². The van der Waals surface area contributed by atoms with Crippen molar-refractivity contribution < 1.29 is 33.1 Å². The largest absolute Gasteiger partial charge is 0.459 e. The van der Waals surface area contributed by atoms with Crippen LogP contribution in [-0.4, -0.2) is 57.2 Å². The molecule has 4 aromatic rings. The molecule has 2 aromatic heterocycles. The van der Waals surface area contributed by atoms with Crippen molar-refractivity contribution in [2.75, 3.05) is 6.61 Å². The lowest BCUT2D eigenvalue weighted by molar-refractivity contribution is -0.136. The highest BCUT2D eigenvalue weighted by molar-refractivity contribution is 6.38. The van der Waals surface area contributed by atoms with E-state index < -0.39 is 41.5 Å². The number of rotatable bonds is 14. The minimum atomic E-state index is -1.51. The van der Waals surface area contributed by atoms with Crippen LogP contribution in [0.25, 0.3) is 10.9 Å². The molecule has 1 aliphatic rings. The lowest BCUT2D eigenvalue weighted by Crippen LogP contribution is -2.65. The van der Waals surface area contributed by atoms with Crippen molar-refractivity contribution in [3.63, 3.8) is 0 Å². The molecule has 1 aliphatic carbocycles. The Kier molecular flexibility index (Phi) is 12.5. The van der Waals surface area contributed by atoms with Crippen molar-refractivity contribution in [1.29, 1.82) is 0 Å². The van der Waals surface area contributed by atoms with Gasteiger partial charge in [-0.25, -0.2) is 9.59 Å². The number of ether oxygens (including phenoxy) is 2. The number of hydrogen-bond acceptors (Lipinski definition) is 9. The fraction of sp³-hybridized carbons (Fsp3) is 0.459. The van der Waals surface area contributed by atoms with E-state index in [0.29, 0.717) is 34.8 Å². The number of halogens is 2. The third kappa shape index (κ3) is 8.53. The SMILES string of the molecule is CCOC(=O)c1nnc(C(NC(=O)[C@@]2(NC(=O)[C@@H](NC(=O)OCc3ccccc3)[C@@H](C)CC)CCc3[nH]c4c(Cl)cc(Cl)cc4c3C2)C(C)CC)o1. The minimum Gasteiger partial charge on any atom is -0.459 e. The predicted molar refractivity (Wildman–Crippen MR) is 195 cm³/mol. The molecule has 3 amide bonds. The molecule has 0 aliphatic heterocycles. The number of aryl methyl sites for hydroxylation is 1. The minimum absolute atomic E-state index is 0.0207. The van der Waals surface area contributed by atoms with Crippen LogP contribution in [0.1, 0.15) is 93.3 Å². The van der Waals surface area contributed by atoms with Gasteiger partial charge in [0, 0.05) is 22.5 Å². The maximum Gasteiger partial charge on any atom is 0.408 e. The monoisotopic (exact) mass is 754 g/mol. The van der Waals surface area contributed by atoms with E-state index in [1.165, 1.54) is 0 Å². The van der Waals surface area contributed by atoms with Crippen LogP contribution in [0.2, 0.25) is 10.0 Å². The number of nitrogens with zero attached hydrogens (tertiary/aromatic N) is 2. The molecule has 2 aromatic carbocycles. The van der Waals surface area contributed by atoms with Crippen LogP contribution in [0.4, 0.5) is 4.79 Å². The van der Waals surface area contributed by atoms with E-state index in [1.807, 2.05) is 58.0 Å². The van der Waals surface area contributed by atoms with Gasteiger partial charge in [0.1, 0.15) is 24.2 Å². The number of carbonyl (C=O) groups is 4. The molecule has 13 nitrogen and oxygen atoms in total. The zero-order valence-corrected chi connectivity index (χ0v) is 31.3. The standard InChI is InChI=1S/C37H44Cl2N6O7/c1-6-20(4)28(42-36(49)51-19-22-12-10-9-11-13-22)31(46)43-37(15-14-27-25(18-37)24-16-23(38)17-26(39)30(24)40-27)35(48)41-29(21(5)7-2)32-44-45-33(52-32)34(47)50-8-3/h9-13,16-17,20-21,28-29,40H,6-8,14-15,18-19H2,1-5H3,(H,41,48)(H,42,49)(H,43,46)/t20-,21?,28-,29?,37+/m0/s1. The summed E-state index contributed by atoms with van der Waals surface area (Å²) in [6.07, 6.45) is 1.06. The van der Waals surface area contributed by atoms with Gasteiger partial charge >= 0.3 is 18.0 Å². The number of fused-ring (bicyclic) bond motifs is 3. The quantitative estimate of drug-likeness (QED) is 0.103. The molecule has 15 heteroatoms. The Balaban J connectivity index is 1.48. The summed E-state index contributed by atoms with van der Waals surface area (Å²) in [6, 6.07) is 10.8. The number of aromatic amines is 1. The van der Waals surface area contributed by atoms with E-state index in [1.54, 1.807) is 19.1 Å². The van der Waals surface area contributed by atoms with Gasteiger partial charge < -0.3 is 34.8 Å². The molecular weight excluding hydrogens is 711 g/mol. The molecule has 278 valence electrons. The van der Waals surface area contributed by atoms with E-state index >= 15 is 0 Å². The Bertz CT molecular complexity index is 1910. The van der Waals surface area contributed by atoms with Crippen molar-refractivity contribution in [1.82, 2.24) is 31.1 Å². The zero-order chi connectivity index (χ0) is 37.6. The predicted octanol–water partition coefficient (Wildman–Crippen LogP) is 6.62. The van der Waals surface area contributed by atoms with Gasteiger partial charge in [0.05, 0.1) is 17.1 Å². The molecule has 0 saturated heterocycles. The van der Waals surface area contributed by atoms with E-state index in [9.17, 15) is 19.2 Å². The zero-order valence-electron chi connectivity index (χ0n) is 29.8. The summed E-state index contributed by atoms with van der Waals surface area (Å²) in [5.41, 5.74) is 1.60. The maximum absolute atomic E-state index is 14.8. The molecular formula is C37H44Cl2N6O7. The Morgan fingerprint density at radius 3 is 2.40 bits per heavy atom. The Morgan fingerprint density at radius 1 is 0.981 bits per heavy atom. The maximum atomic E-state index is 14.8. The van der Waals surface area contributed by atoms with Gasteiger partial charge in [-0.1, -0.05) is 94.1 Å². The molecule has 0 saturated carbocycles. The van der Waals surface area contributed by atoms with Crippen molar-refractivity contribution in [3.05, 3.63) is 81.1 Å². The Hall–Kier alpha value is -4.62. The lowest BCUT2D eigenvalue weighted by atomic mass is 9.78. The fourth-order valence-corrected chi connectivity index (χ4v) is 6.87. The summed E-state index contributed by atoms with van der Waals surface area (Å²) < 4.78 is 16.2. The first-order valence-electron chi connectivity index (χ1n) is 17.5. The van der Waals surface area contributed by atoms with Crippen molar-refractivity contribution in [3.8, 4) is 0 Å². The topological polar surface area (TPSA) is 178 Å². The van der Waals surface area contributed by atoms with Gasteiger partial charge in [0.15, 0.2) is 0 Å². The highest BCUT2D eigenvalue weighted by Gasteiger charge is 2.47. The number of hydrogen-bond donors (Lipinski definition) is 4. The second-order valence-corrected chi connectivity index (χ2v) is 14.1. The van der Waals surface area contributed by atoms with E-state index in [4.69, 9.17) is 37.1 Å². The molecule has 4 N–H and O–H groups in total. The van der Waals surface area contributed by atoms with Crippen molar-refractivity contribution in [2.24, 2.45) is 11.8 Å². The first-order chi connectivity index (χ1) is 24.9. The summed E-state index contributed by atoms with van der Waals surface area (Å²) in [5.74, 6) is -2.68. The highest BCUT2D eigenvalue weighted by atomic mass is 35.5. The summed E-state index contributed by atoms with van der Waals surface area (Å²) in [5, 5.41) is 18.4. The van der Waals surface area contributed by atoms with Crippen LogP contribution in [0, 0.1) is 11.8 Å². The van der Waals surface area contributed by atoms with E-state index in [0.717, 1.165) is 22.2 Å². The van der Waals surface area contributed by atoms with Gasteiger partial charge in [-0.3, -0.25) is 9.59 Å². The van der Waals surface area contributed by atoms with Crippen LogP contribution < -0.4 is 16.0 Å². The number of carbonyl (C=O) groups excluding carboxylic acids is 4. The molecule has 0 radical (unpaired) electrons. The summed E-state index contributed by atoms with van der Waals surface area (Å²) in [6.45, 7) is 9.38. The Morgan fingerprint density at radius 2 is 1.71 bits per heavy atom. The van der Waals surface area contributed by atoms with Gasteiger partial charge in [-0.15, -0.1) is 10.2 Å². The molecule has 5 rings (SSSR count). The second-order valence-electron chi connectivity index (χ2n) is 13.2. The van der Waals surface area contributed by atoms with Crippen molar-refractivity contribution in [2.45, 2.75) is 91.0 Å². The molecule has 2 unspecified atom stereocenters. The molecule has 5 atom stereocenters. The van der Waals surface area contributed by atoms with E-state index in [2.05, 4.69) is 31.1 Å². The summed E-state index contributed by atoms with van der Waals surface area (Å²) in [4.78, 5) is 57.8. The number of alkyl carbamates (subject to hydrolysis) is 1. The lowest BCUT2D eigenvalue weighted by Gasteiger charge is -2.39. The Labute approximate surface area is 311 Å². The van der Waals surface area contributed by atoms with Crippen LogP contribution in [0.15, 0.2) is 46.9 Å². The first-order valence-corrected chi connectivity index (χ1v) is 18.2. The number of esters is 1.